The van der Waals surface area contributed by atoms with Crippen molar-refractivity contribution in [1.82, 2.24) is 10.6 Å². The highest BCUT2D eigenvalue weighted by molar-refractivity contribution is 7.92. The molecule has 2 aromatic carbocycles. The first kappa shape index (κ1) is 27.9. The molecule has 0 radical (unpaired) electrons. The monoisotopic (exact) mass is 532 g/mol. The van der Waals surface area contributed by atoms with Crippen molar-refractivity contribution >= 4 is 39.1 Å². The van der Waals surface area contributed by atoms with Crippen LogP contribution < -0.4 is 36.9 Å². The number of anilines is 2. The normalized spacial score (nSPS) is 16.8. The Labute approximate surface area is 215 Å². The number of carbonyl (C=O) groups excluding carboxylic acids is 3. The molecule has 1 atom stereocenters. The molecule has 0 saturated carbocycles. The zero-order valence-electron chi connectivity index (χ0n) is 20.5. The van der Waals surface area contributed by atoms with Crippen LogP contribution in [0.25, 0.3) is 0 Å². The Morgan fingerprint density at radius 2 is 1.95 bits per heavy atom. The molecule has 200 valence electrons. The number of ether oxygens (including phenoxy) is 1. The number of nitrogens with one attached hydrogen (secondary N) is 4. The van der Waals surface area contributed by atoms with Gasteiger partial charge in [-0.2, -0.15) is 0 Å². The van der Waals surface area contributed by atoms with Crippen molar-refractivity contribution in [2.45, 2.75) is 31.9 Å². The Morgan fingerprint density at radius 1 is 1.16 bits per heavy atom. The minimum Gasteiger partial charge on any atom is -0.488 e. The number of unbranched alkanes of at least 4 members (excludes halogenated alkanes) is 1. The lowest BCUT2D eigenvalue weighted by Gasteiger charge is -2.22. The quantitative estimate of drug-likeness (QED) is 0.277. The van der Waals surface area contributed by atoms with Gasteiger partial charge in [-0.25, -0.2) is 8.42 Å². The van der Waals surface area contributed by atoms with Crippen molar-refractivity contribution < 1.29 is 27.5 Å². The molecule has 2 aromatic rings. The van der Waals surface area contributed by atoms with Crippen LogP contribution in [0.4, 0.5) is 11.4 Å². The summed E-state index contributed by atoms with van der Waals surface area (Å²) in [4.78, 5) is 37.6. The highest BCUT2D eigenvalue weighted by atomic mass is 32.2. The van der Waals surface area contributed by atoms with Gasteiger partial charge in [0, 0.05) is 35.1 Å². The molecule has 1 unspecified atom stereocenters. The molecule has 1 heterocycles. The zero-order chi connectivity index (χ0) is 27.0. The molecule has 37 heavy (non-hydrogen) atoms. The van der Waals surface area contributed by atoms with E-state index in [9.17, 15) is 22.8 Å². The van der Waals surface area contributed by atoms with Crippen LogP contribution in [-0.4, -0.2) is 58.1 Å². The number of carbonyl (C=O) groups is 3. The van der Waals surface area contributed by atoms with Crippen LogP contribution in [0.1, 0.15) is 45.5 Å². The molecular weight excluding hydrogens is 500 g/mol. The van der Waals surface area contributed by atoms with Gasteiger partial charge in [0.25, 0.3) is 5.91 Å². The molecule has 0 saturated heterocycles. The van der Waals surface area contributed by atoms with E-state index >= 15 is 0 Å². The summed E-state index contributed by atoms with van der Waals surface area (Å²) in [7, 11) is -3.57. The Balaban J connectivity index is 1.99. The number of amides is 3. The fourth-order valence-electron chi connectivity index (χ4n) is 3.82. The van der Waals surface area contributed by atoms with Gasteiger partial charge in [0.2, 0.25) is 21.8 Å². The summed E-state index contributed by atoms with van der Waals surface area (Å²) < 4.78 is 31.8. The van der Waals surface area contributed by atoms with Gasteiger partial charge in [0.1, 0.15) is 12.4 Å². The van der Waals surface area contributed by atoms with E-state index in [1.807, 2.05) is 0 Å². The van der Waals surface area contributed by atoms with Gasteiger partial charge >= 0.3 is 0 Å². The van der Waals surface area contributed by atoms with E-state index < -0.39 is 21.8 Å². The van der Waals surface area contributed by atoms with Crippen LogP contribution in [0.15, 0.2) is 36.4 Å². The number of rotatable bonds is 7. The molecule has 0 fully saturated rings. The molecule has 1 aliphatic rings. The third kappa shape index (κ3) is 8.44. The molecule has 13 heteroatoms. The predicted molar refractivity (Wildman–Crippen MR) is 140 cm³/mol. The summed E-state index contributed by atoms with van der Waals surface area (Å²) in [6.45, 7) is 0.723. The number of fused-ring (bicyclic) bond motifs is 2. The van der Waals surface area contributed by atoms with Crippen LogP contribution in [-0.2, 0) is 21.4 Å². The number of hydrogen-bond donors (Lipinski definition) is 6. The van der Waals surface area contributed by atoms with Crippen molar-refractivity contribution in [2.75, 3.05) is 35.9 Å². The second-order valence-corrected chi connectivity index (χ2v) is 10.5. The number of nitrogens with two attached hydrogens (primary N) is 2. The average Bonchev–Trinajstić information content (AvgIpc) is 2.82. The maximum absolute atomic E-state index is 13.3. The summed E-state index contributed by atoms with van der Waals surface area (Å²) in [6.07, 6.45) is 3.16. The van der Waals surface area contributed by atoms with Crippen LogP contribution >= 0.6 is 0 Å². The molecule has 0 aromatic heterocycles. The van der Waals surface area contributed by atoms with E-state index in [4.69, 9.17) is 16.2 Å². The Kier molecular flexibility index (Phi) is 9.44. The third-order valence-electron chi connectivity index (χ3n) is 5.60. The summed E-state index contributed by atoms with van der Waals surface area (Å²) >= 11 is 0. The molecule has 12 nitrogen and oxygen atoms in total. The van der Waals surface area contributed by atoms with Crippen LogP contribution in [0.5, 0.6) is 5.75 Å². The summed E-state index contributed by atoms with van der Waals surface area (Å²) in [5.41, 5.74) is 12.4. The van der Waals surface area contributed by atoms with Gasteiger partial charge in [-0.05, 0) is 49.7 Å². The molecule has 8 N–H and O–H groups in total. The minimum absolute atomic E-state index is 0.0383. The van der Waals surface area contributed by atoms with Crippen LogP contribution in [0.3, 0.4) is 0 Å². The van der Waals surface area contributed by atoms with Crippen molar-refractivity contribution in [1.29, 1.82) is 0 Å². The number of hydrogen-bond acceptors (Lipinski definition) is 8. The molecule has 3 rings (SSSR count). The summed E-state index contributed by atoms with van der Waals surface area (Å²) in [6, 6.07) is 8.62. The fourth-order valence-corrected chi connectivity index (χ4v) is 4.37. The second-order valence-electron chi connectivity index (χ2n) is 8.74. The molecule has 3 amide bonds. The van der Waals surface area contributed by atoms with Crippen LogP contribution in [0.2, 0.25) is 0 Å². The van der Waals surface area contributed by atoms with Gasteiger partial charge < -0.3 is 32.2 Å². The Morgan fingerprint density at radius 3 is 2.65 bits per heavy atom. The smallest absolute Gasteiger partial charge is 0.255 e. The van der Waals surface area contributed by atoms with Gasteiger partial charge in [0.05, 0.1) is 18.4 Å². The van der Waals surface area contributed by atoms with Gasteiger partial charge in [-0.3, -0.25) is 19.1 Å². The van der Waals surface area contributed by atoms with E-state index in [0.717, 1.165) is 19.1 Å². The van der Waals surface area contributed by atoms with E-state index in [1.165, 1.54) is 30.3 Å². The number of sulfonamides is 1. The zero-order valence-corrected chi connectivity index (χ0v) is 21.3. The second kappa shape index (κ2) is 12.5. The predicted octanol–water partition coefficient (Wildman–Crippen LogP) is 0.505. The van der Waals surface area contributed by atoms with Crippen molar-refractivity contribution in [2.24, 2.45) is 11.5 Å². The third-order valence-corrected chi connectivity index (χ3v) is 6.20. The lowest BCUT2D eigenvalue weighted by molar-refractivity contribution is -0.115. The SMILES string of the molecule is CS(=O)(=O)Nc1ccc2c(c1)C(=O)NC(CCCCN)CNCC(=O)Nc1cc(C(N)=O)ccc1CO2. The first-order valence-electron chi connectivity index (χ1n) is 11.7. The molecule has 0 spiro atoms. The first-order valence-corrected chi connectivity index (χ1v) is 13.6. The average molecular weight is 533 g/mol. The summed E-state index contributed by atoms with van der Waals surface area (Å²) in [5.74, 6) is -1.25. The molecule has 0 bridgehead atoms. The molecule has 0 aliphatic carbocycles. The van der Waals surface area contributed by atoms with Gasteiger partial charge in [-0.15, -0.1) is 0 Å². The Bertz CT molecular complexity index is 1270. The van der Waals surface area contributed by atoms with Gasteiger partial charge in [-0.1, -0.05) is 12.5 Å². The van der Waals surface area contributed by atoms with Gasteiger partial charge in [0.15, 0.2) is 0 Å². The van der Waals surface area contributed by atoms with Crippen molar-refractivity contribution in [3.05, 3.63) is 53.1 Å². The maximum atomic E-state index is 13.3. The number of primary amides is 1. The largest absolute Gasteiger partial charge is 0.488 e. The lowest BCUT2D eigenvalue weighted by atomic mass is 10.1. The van der Waals surface area contributed by atoms with Crippen LogP contribution in [0, 0.1) is 0 Å². The van der Waals surface area contributed by atoms with E-state index in [0.29, 0.717) is 30.8 Å². The van der Waals surface area contributed by atoms with Crippen molar-refractivity contribution in [3.8, 4) is 5.75 Å². The Hall–Kier alpha value is -3.68. The maximum Gasteiger partial charge on any atom is 0.255 e. The molecule has 1 aliphatic heterocycles. The summed E-state index contributed by atoms with van der Waals surface area (Å²) in [5, 5.41) is 8.77. The standard InChI is InChI=1S/C24H32N6O6S/c1-37(34,35)30-17-7-8-21-19(11-17)24(33)28-18(4-2-3-9-25)12-27-13-22(31)29-20-10-15(23(26)32)5-6-16(20)14-36-21/h5-8,10-11,18,27,30H,2-4,9,12-14,25H2,1H3,(H2,26,32)(H,28,33)(H,29,31). The van der Waals surface area contributed by atoms with Crippen molar-refractivity contribution in [3.63, 3.8) is 0 Å². The van der Waals surface area contributed by atoms with E-state index in [2.05, 4.69) is 20.7 Å². The first-order chi connectivity index (χ1) is 17.6. The molecular formula is C24H32N6O6S. The highest BCUT2D eigenvalue weighted by Gasteiger charge is 2.21. The number of benzene rings is 2. The lowest BCUT2D eigenvalue weighted by Crippen LogP contribution is -2.44. The van der Waals surface area contributed by atoms with E-state index in [-0.39, 0.29) is 47.7 Å². The fraction of sp³-hybridized carbons (Fsp3) is 0.375. The topological polar surface area (TPSA) is 195 Å². The minimum atomic E-state index is -3.57. The van der Waals surface area contributed by atoms with E-state index in [1.54, 1.807) is 6.07 Å². The highest BCUT2D eigenvalue weighted by Crippen LogP contribution is 2.27.